The molecule has 1 N–H and O–H groups in total. The topological polar surface area (TPSA) is 55.8 Å². The van der Waals surface area contributed by atoms with E-state index in [1.165, 1.54) is 49.6 Å². The van der Waals surface area contributed by atoms with Gasteiger partial charge in [0.25, 0.3) is 0 Å². The average Bonchev–Trinajstić information content (AvgIpc) is 2.53. The predicted octanol–water partition coefficient (Wildman–Crippen LogP) is 3.90. The first-order chi connectivity index (χ1) is 11.0. The Hall–Kier alpha value is -2.89. The SMILES string of the molecule is COc1ccc(/C=C/C(=O)c2ccc(OC(F)F)cc2)cc1O. The van der Waals surface area contributed by atoms with Crippen LogP contribution in [0.15, 0.2) is 48.5 Å². The van der Waals surface area contributed by atoms with Crippen LogP contribution in [0.1, 0.15) is 15.9 Å². The van der Waals surface area contributed by atoms with E-state index in [4.69, 9.17) is 4.74 Å². The Bertz CT molecular complexity index is 709. The lowest BCUT2D eigenvalue weighted by atomic mass is 10.1. The van der Waals surface area contributed by atoms with Gasteiger partial charge < -0.3 is 14.6 Å². The zero-order chi connectivity index (χ0) is 16.8. The lowest BCUT2D eigenvalue weighted by Gasteiger charge is -2.04. The van der Waals surface area contributed by atoms with Gasteiger partial charge in [-0.1, -0.05) is 12.1 Å². The van der Waals surface area contributed by atoms with Gasteiger partial charge in [0.1, 0.15) is 5.75 Å². The number of phenolic OH excluding ortho intramolecular Hbond substituents is 1. The first kappa shape index (κ1) is 16.5. The molecule has 0 heterocycles. The Morgan fingerprint density at radius 1 is 1.17 bits per heavy atom. The Labute approximate surface area is 131 Å². The van der Waals surface area contributed by atoms with E-state index in [-0.39, 0.29) is 17.3 Å². The monoisotopic (exact) mass is 320 g/mol. The van der Waals surface area contributed by atoms with Crippen molar-refractivity contribution in [3.8, 4) is 17.2 Å². The second kappa shape index (κ2) is 7.40. The molecule has 0 spiro atoms. The van der Waals surface area contributed by atoms with Gasteiger partial charge in [0, 0.05) is 5.56 Å². The van der Waals surface area contributed by atoms with Gasteiger partial charge in [0.2, 0.25) is 0 Å². The number of hydrogen-bond acceptors (Lipinski definition) is 4. The van der Waals surface area contributed by atoms with E-state index < -0.39 is 6.61 Å². The van der Waals surface area contributed by atoms with Crippen molar-refractivity contribution < 1.29 is 28.2 Å². The second-order valence-electron chi connectivity index (χ2n) is 4.53. The van der Waals surface area contributed by atoms with Crippen LogP contribution < -0.4 is 9.47 Å². The molecule has 0 saturated heterocycles. The molecule has 0 bridgehead atoms. The van der Waals surface area contributed by atoms with E-state index in [0.29, 0.717) is 16.9 Å². The number of halogens is 2. The maximum absolute atomic E-state index is 12.0. The summed E-state index contributed by atoms with van der Waals surface area (Å²) in [5.41, 5.74) is 0.954. The molecule has 0 atom stereocenters. The number of aromatic hydroxyl groups is 1. The van der Waals surface area contributed by atoms with Crippen LogP contribution in [0.4, 0.5) is 8.78 Å². The first-order valence-electron chi connectivity index (χ1n) is 6.64. The van der Waals surface area contributed by atoms with Crippen LogP contribution >= 0.6 is 0 Å². The third-order valence-electron chi connectivity index (χ3n) is 2.99. The van der Waals surface area contributed by atoms with Crippen molar-refractivity contribution in [1.29, 1.82) is 0 Å². The minimum Gasteiger partial charge on any atom is -0.504 e. The third kappa shape index (κ3) is 4.54. The molecule has 0 saturated carbocycles. The van der Waals surface area contributed by atoms with Gasteiger partial charge >= 0.3 is 6.61 Å². The molecular formula is C17H14F2O4. The molecule has 6 heteroatoms. The van der Waals surface area contributed by atoms with E-state index in [9.17, 15) is 18.7 Å². The Balaban J connectivity index is 2.07. The molecule has 0 fully saturated rings. The number of rotatable bonds is 6. The molecule has 0 aliphatic rings. The lowest BCUT2D eigenvalue weighted by molar-refractivity contribution is -0.0498. The molecule has 0 aliphatic carbocycles. The van der Waals surface area contributed by atoms with E-state index in [2.05, 4.69) is 4.74 Å². The van der Waals surface area contributed by atoms with Crippen LogP contribution in [0.2, 0.25) is 0 Å². The molecule has 2 aromatic rings. The average molecular weight is 320 g/mol. The number of methoxy groups -OCH3 is 1. The van der Waals surface area contributed by atoms with Crippen LogP contribution in [0.3, 0.4) is 0 Å². The van der Waals surface area contributed by atoms with E-state index in [0.717, 1.165) is 0 Å². The number of hydrogen-bond donors (Lipinski definition) is 1. The highest BCUT2D eigenvalue weighted by Gasteiger charge is 2.06. The summed E-state index contributed by atoms with van der Waals surface area (Å²) in [5, 5.41) is 9.66. The van der Waals surface area contributed by atoms with Gasteiger partial charge in [0.15, 0.2) is 17.3 Å². The normalized spacial score (nSPS) is 11.0. The fourth-order valence-corrected chi connectivity index (χ4v) is 1.88. The van der Waals surface area contributed by atoms with Crippen LogP contribution in [-0.4, -0.2) is 24.6 Å². The molecule has 120 valence electrons. The van der Waals surface area contributed by atoms with Gasteiger partial charge in [-0.05, 0) is 48.0 Å². The van der Waals surface area contributed by atoms with Gasteiger partial charge in [-0.25, -0.2) is 0 Å². The van der Waals surface area contributed by atoms with Gasteiger partial charge in [-0.15, -0.1) is 0 Å². The minimum atomic E-state index is -2.90. The Morgan fingerprint density at radius 2 is 1.87 bits per heavy atom. The number of carbonyl (C=O) groups is 1. The maximum atomic E-state index is 12.0. The van der Waals surface area contributed by atoms with Crippen LogP contribution in [0, 0.1) is 0 Å². The summed E-state index contributed by atoms with van der Waals surface area (Å²) in [6.45, 7) is -2.90. The summed E-state index contributed by atoms with van der Waals surface area (Å²) in [6.07, 6.45) is 2.86. The third-order valence-corrected chi connectivity index (χ3v) is 2.99. The standard InChI is InChI=1S/C17H14F2O4/c1-22-16-9-3-11(10-15(16)21)2-8-14(20)12-4-6-13(7-5-12)23-17(18)19/h2-10,17,21H,1H3/b8-2+. The Morgan fingerprint density at radius 3 is 2.43 bits per heavy atom. The van der Waals surface area contributed by atoms with Crippen LogP contribution in [0.25, 0.3) is 6.08 Å². The van der Waals surface area contributed by atoms with Crippen LogP contribution in [0.5, 0.6) is 17.2 Å². The van der Waals surface area contributed by atoms with Crippen molar-refractivity contribution in [3.63, 3.8) is 0 Å². The highest BCUT2D eigenvalue weighted by Crippen LogP contribution is 2.26. The van der Waals surface area contributed by atoms with E-state index in [1.807, 2.05) is 0 Å². The summed E-state index contributed by atoms with van der Waals surface area (Å²) in [5.74, 6) is -0.0109. The molecule has 4 nitrogen and oxygen atoms in total. The molecular weight excluding hydrogens is 306 g/mol. The molecule has 23 heavy (non-hydrogen) atoms. The summed E-state index contributed by atoms with van der Waals surface area (Å²) in [7, 11) is 1.44. The van der Waals surface area contributed by atoms with E-state index in [1.54, 1.807) is 12.1 Å². The molecule has 0 aliphatic heterocycles. The number of alkyl halides is 2. The zero-order valence-corrected chi connectivity index (χ0v) is 12.2. The second-order valence-corrected chi connectivity index (χ2v) is 4.53. The highest BCUT2D eigenvalue weighted by atomic mass is 19.3. The lowest BCUT2D eigenvalue weighted by Crippen LogP contribution is -2.02. The van der Waals surface area contributed by atoms with E-state index >= 15 is 0 Å². The van der Waals surface area contributed by atoms with Crippen molar-refractivity contribution in [2.75, 3.05) is 7.11 Å². The van der Waals surface area contributed by atoms with Crippen molar-refractivity contribution >= 4 is 11.9 Å². The molecule has 2 rings (SSSR count). The first-order valence-corrected chi connectivity index (χ1v) is 6.64. The maximum Gasteiger partial charge on any atom is 0.387 e. The summed E-state index contributed by atoms with van der Waals surface area (Å²) in [4.78, 5) is 12.0. The van der Waals surface area contributed by atoms with Gasteiger partial charge in [-0.2, -0.15) is 8.78 Å². The number of benzene rings is 2. The molecule has 0 aromatic heterocycles. The fraction of sp³-hybridized carbons (Fsp3) is 0.118. The van der Waals surface area contributed by atoms with Crippen molar-refractivity contribution in [3.05, 3.63) is 59.7 Å². The predicted molar refractivity (Wildman–Crippen MR) is 81.1 cm³/mol. The molecule has 0 radical (unpaired) electrons. The summed E-state index contributed by atoms with van der Waals surface area (Å²) < 4.78 is 33.2. The quantitative estimate of drug-likeness (QED) is 0.648. The number of allylic oxidation sites excluding steroid dienone is 1. The number of ether oxygens (including phenoxy) is 2. The van der Waals surface area contributed by atoms with Gasteiger partial charge in [-0.3, -0.25) is 4.79 Å². The van der Waals surface area contributed by atoms with Crippen molar-refractivity contribution in [2.24, 2.45) is 0 Å². The van der Waals surface area contributed by atoms with Crippen molar-refractivity contribution in [1.82, 2.24) is 0 Å². The highest BCUT2D eigenvalue weighted by molar-refractivity contribution is 6.06. The zero-order valence-electron chi connectivity index (χ0n) is 12.2. The summed E-state index contributed by atoms with van der Waals surface area (Å²) >= 11 is 0. The fourth-order valence-electron chi connectivity index (χ4n) is 1.88. The number of ketones is 1. The summed E-state index contributed by atoms with van der Waals surface area (Å²) in [6, 6.07) is 10.1. The minimum absolute atomic E-state index is 0.0133. The number of carbonyl (C=O) groups excluding carboxylic acids is 1. The Kier molecular flexibility index (Phi) is 5.30. The smallest absolute Gasteiger partial charge is 0.387 e. The van der Waals surface area contributed by atoms with Crippen LogP contribution in [-0.2, 0) is 0 Å². The van der Waals surface area contributed by atoms with Gasteiger partial charge in [0.05, 0.1) is 7.11 Å². The molecule has 0 amide bonds. The number of phenols is 1. The molecule has 2 aromatic carbocycles. The largest absolute Gasteiger partial charge is 0.504 e. The molecule has 0 unspecified atom stereocenters. The van der Waals surface area contributed by atoms with Crippen molar-refractivity contribution in [2.45, 2.75) is 6.61 Å².